The van der Waals surface area contributed by atoms with Crippen LogP contribution in [0.5, 0.6) is 0 Å². The van der Waals surface area contributed by atoms with Crippen molar-refractivity contribution < 1.29 is 17.9 Å². The molecule has 0 saturated carbocycles. The van der Waals surface area contributed by atoms with E-state index >= 15 is 0 Å². The van der Waals surface area contributed by atoms with Gasteiger partial charge in [0, 0.05) is 29.5 Å². The zero-order valence-corrected chi connectivity index (χ0v) is 16.4. The van der Waals surface area contributed by atoms with Gasteiger partial charge >= 0.3 is 6.18 Å². The Balaban J connectivity index is 2.33. The monoisotopic (exact) mass is 377 g/mol. The van der Waals surface area contributed by atoms with Crippen LogP contribution in [0.15, 0.2) is 6.07 Å². The summed E-state index contributed by atoms with van der Waals surface area (Å²) in [7, 11) is 1.59. The maximum Gasteiger partial charge on any atom is 0.425 e. The first kappa shape index (κ1) is 20.7. The molecule has 3 atom stereocenters. The molecule has 25 heavy (non-hydrogen) atoms. The highest BCUT2D eigenvalue weighted by molar-refractivity contribution is 7.12. The molecule has 0 spiro atoms. The van der Waals surface area contributed by atoms with Gasteiger partial charge in [0.1, 0.15) is 4.88 Å². The molecule has 3 unspecified atom stereocenters. The first-order valence-electron chi connectivity index (χ1n) is 9.15. The molecule has 0 aliphatic carbocycles. The molecule has 0 radical (unpaired) electrons. The molecule has 1 N–H and O–H groups in total. The lowest BCUT2D eigenvalue weighted by atomic mass is 9.72. The Morgan fingerprint density at radius 1 is 1.36 bits per heavy atom. The fourth-order valence-electron chi connectivity index (χ4n) is 4.12. The molecule has 1 fully saturated rings. The molecule has 0 aromatic carbocycles. The van der Waals surface area contributed by atoms with E-state index in [1.165, 1.54) is 6.07 Å². The summed E-state index contributed by atoms with van der Waals surface area (Å²) in [6, 6.07) is 2.03. The highest BCUT2D eigenvalue weighted by Crippen LogP contribution is 2.46. The van der Waals surface area contributed by atoms with Crippen molar-refractivity contribution in [2.24, 2.45) is 0 Å². The third kappa shape index (κ3) is 5.20. The number of halogens is 3. The van der Waals surface area contributed by atoms with Crippen molar-refractivity contribution in [2.45, 2.75) is 83.0 Å². The van der Waals surface area contributed by atoms with Crippen LogP contribution in [0.1, 0.15) is 68.2 Å². The summed E-state index contributed by atoms with van der Waals surface area (Å²) in [6.45, 7) is 6.91. The number of alkyl halides is 3. The second kappa shape index (κ2) is 8.40. The van der Waals surface area contributed by atoms with Crippen molar-refractivity contribution in [3.63, 3.8) is 0 Å². The standard InChI is InChI=1S/C19H30F3NOS/c1-5-6-7-15-12-18(3,11-13(2)23-15)17-14(8-9-24-4)10-16(25-17)19(20,21)22/h10,13,15,23H,5-9,11-12H2,1-4H3. The van der Waals surface area contributed by atoms with Crippen LogP contribution in [0.2, 0.25) is 0 Å². The molecule has 0 bridgehead atoms. The second-order valence-corrected chi connectivity index (χ2v) is 8.63. The maximum atomic E-state index is 13.3. The highest BCUT2D eigenvalue weighted by atomic mass is 32.1. The largest absolute Gasteiger partial charge is 0.425 e. The SMILES string of the molecule is CCCCC1CC(C)(c2sc(C(F)(F)F)cc2CCOC)CC(C)N1. The summed E-state index contributed by atoms with van der Waals surface area (Å²) in [5.74, 6) is 0. The number of hydrogen-bond acceptors (Lipinski definition) is 3. The molecule has 2 nitrogen and oxygen atoms in total. The Hall–Kier alpha value is -0.590. The fraction of sp³-hybridized carbons (Fsp3) is 0.789. The third-order valence-corrected chi connectivity index (χ3v) is 6.62. The molecule has 6 heteroatoms. The predicted octanol–water partition coefficient (Wildman–Crippen LogP) is 5.54. The summed E-state index contributed by atoms with van der Waals surface area (Å²) >= 11 is 0.942. The molecule has 0 amide bonds. The van der Waals surface area contributed by atoms with Crippen LogP contribution in [-0.2, 0) is 22.7 Å². The van der Waals surface area contributed by atoms with Gasteiger partial charge < -0.3 is 10.1 Å². The fourth-order valence-corrected chi connectivity index (χ4v) is 5.36. The number of unbranched alkanes of at least 4 members (excludes halogenated alkanes) is 1. The van der Waals surface area contributed by atoms with Gasteiger partial charge in [0.15, 0.2) is 0 Å². The van der Waals surface area contributed by atoms with E-state index < -0.39 is 11.1 Å². The number of methoxy groups -OCH3 is 1. The third-order valence-electron chi connectivity index (χ3n) is 5.09. The van der Waals surface area contributed by atoms with Crippen molar-refractivity contribution in [3.05, 3.63) is 21.4 Å². The Morgan fingerprint density at radius 3 is 2.68 bits per heavy atom. The topological polar surface area (TPSA) is 21.3 Å². The Kier molecular flexibility index (Phi) is 6.96. The number of nitrogens with one attached hydrogen (secondary N) is 1. The van der Waals surface area contributed by atoms with Gasteiger partial charge in [0.05, 0.1) is 6.61 Å². The van der Waals surface area contributed by atoms with Crippen LogP contribution in [-0.4, -0.2) is 25.8 Å². The quantitative estimate of drug-likeness (QED) is 0.673. The van der Waals surface area contributed by atoms with Gasteiger partial charge in [-0.25, -0.2) is 0 Å². The van der Waals surface area contributed by atoms with Crippen molar-refractivity contribution in [3.8, 4) is 0 Å². The lowest BCUT2D eigenvalue weighted by molar-refractivity contribution is -0.134. The van der Waals surface area contributed by atoms with Crippen LogP contribution >= 0.6 is 11.3 Å². The van der Waals surface area contributed by atoms with E-state index in [1.54, 1.807) is 7.11 Å². The van der Waals surface area contributed by atoms with Gasteiger partial charge in [0.25, 0.3) is 0 Å². The van der Waals surface area contributed by atoms with E-state index in [2.05, 4.69) is 26.1 Å². The van der Waals surface area contributed by atoms with Crippen LogP contribution in [0.4, 0.5) is 13.2 Å². The minimum absolute atomic E-state index is 0.208. The van der Waals surface area contributed by atoms with Crippen LogP contribution < -0.4 is 5.32 Å². The Labute approximate surface area is 153 Å². The van der Waals surface area contributed by atoms with Gasteiger partial charge in [-0.3, -0.25) is 0 Å². The van der Waals surface area contributed by atoms with E-state index in [0.29, 0.717) is 25.1 Å². The lowest BCUT2D eigenvalue weighted by Gasteiger charge is -2.42. The summed E-state index contributed by atoms with van der Waals surface area (Å²) in [5.41, 5.74) is 0.602. The Bertz CT molecular complexity index is 557. The van der Waals surface area contributed by atoms with Gasteiger partial charge in [-0.05, 0) is 44.2 Å². The average molecular weight is 378 g/mol. The van der Waals surface area contributed by atoms with Crippen molar-refractivity contribution in [2.75, 3.05) is 13.7 Å². The summed E-state index contributed by atoms with van der Waals surface area (Å²) in [4.78, 5) is 0.429. The lowest BCUT2D eigenvalue weighted by Crippen LogP contribution is -2.49. The molecule has 144 valence electrons. The molecule has 1 aromatic rings. The molecule has 1 aromatic heterocycles. The van der Waals surface area contributed by atoms with Crippen LogP contribution in [0.25, 0.3) is 0 Å². The van der Waals surface area contributed by atoms with E-state index in [4.69, 9.17) is 4.74 Å². The number of piperidine rings is 1. The maximum absolute atomic E-state index is 13.3. The molecule has 1 saturated heterocycles. The molecule has 1 aliphatic rings. The molecule has 1 aliphatic heterocycles. The summed E-state index contributed by atoms with van der Waals surface area (Å²) < 4.78 is 45.0. The normalized spacial score (nSPS) is 27.6. The smallest absolute Gasteiger partial charge is 0.384 e. The zero-order valence-electron chi connectivity index (χ0n) is 15.6. The summed E-state index contributed by atoms with van der Waals surface area (Å²) in [5, 5.41) is 3.63. The number of ether oxygens (including phenoxy) is 1. The predicted molar refractivity (Wildman–Crippen MR) is 97.4 cm³/mol. The van der Waals surface area contributed by atoms with Crippen molar-refractivity contribution in [1.82, 2.24) is 5.32 Å². The number of rotatable bonds is 7. The average Bonchev–Trinajstić information content (AvgIpc) is 2.95. The molecule has 2 rings (SSSR count). The molecule has 2 heterocycles. The molecular weight excluding hydrogens is 347 g/mol. The van der Waals surface area contributed by atoms with Crippen molar-refractivity contribution >= 4 is 11.3 Å². The van der Waals surface area contributed by atoms with Crippen molar-refractivity contribution in [1.29, 1.82) is 0 Å². The van der Waals surface area contributed by atoms with E-state index in [1.807, 2.05) is 0 Å². The first-order chi connectivity index (χ1) is 11.7. The van der Waals surface area contributed by atoms with Gasteiger partial charge in [0.2, 0.25) is 0 Å². The van der Waals surface area contributed by atoms with Crippen LogP contribution in [0.3, 0.4) is 0 Å². The Morgan fingerprint density at radius 2 is 2.08 bits per heavy atom. The van der Waals surface area contributed by atoms with Crippen LogP contribution in [0, 0.1) is 0 Å². The van der Waals surface area contributed by atoms with E-state index in [0.717, 1.165) is 53.9 Å². The number of hydrogen-bond donors (Lipinski definition) is 1. The minimum atomic E-state index is -4.28. The van der Waals surface area contributed by atoms with Gasteiger partial charge in [-0.1, -0.05) is 26.7 Å². The number of thiophene rings is 1. The molecular formula is C19H30F3NOS. The van der Waals surface area contributed by atoms with Gasteiger partial charge in [-0.2, -0.15) is 13.2 Å². The second-order valence-electron chi connectivity index (χ2n) is 7.58. The minimum Gasteiger partial charge on any atom is -0.384 e. The van der Waals surface area contributed by atoms with E-state index in [9.17, 15) is 13.2 Å². The van der Waals surface area contributed by atoms with Gasteiger partial charge in [-0.15, -0.1) is 11.3 Å². The summed E-state index contributed by atoms with van der Waals surface area (Å²) in [6.07, 6.45) is 1.40. The highest BCUT2D eigenvalue weighted by Gasteiger charge is 2.41. The first-order valence-corrected chi connectivity index (χ1v) is 9.96. The van der Waals surface area contributed by atoms with E-state index in [-0.39, 0.29) is 5.41 Å². The zero-order chi connectivity index (χ0) is 18.7.